The van der Waals surface area contributed by atoms with E-state index in [9.17, 15) is 0 Å². The molecular weight excluding hydrogens is 1590 g/mol. The van der Waals surface area contributed by atoms with Crippen molar-refractivity contribution in [1.82, 2.24) is 9.13 Å². The Balaban J connectivity index is 0.000000112. The van der Waals surface area contributed by atoms with Gasteiger partial charge in [0, 0.05) is 134 Å². The van der Waals surface area contributed by atoms with Gasteiger partial charge in [-0.2, -0.15) is 0 Å². The van der Waals surface area contributed by atoms with Crippen molar-refractivity contribution in [2.24, 2.45) is 0 Å². The molecule has 5 heterocycles. The molecule has 0 bridgehead atoms. The van der Waals surface area contributed by atoms with Crippen molar-refractivity contribution in [2.45, 2.75) is 0 Å². The second kappa shape index (κ2) is 28.9. The highest BCUT2D eigenvalue weighted by Gasteiger charge is 2.24. The maximum Gasteiger partial charge on any atom is 0.137 e. The minimum Gasteiger partial charge on any atom is -0.456 e. The summed E-state index contributed by atoms with van der Waals surface area (Å²) in [6, 6.07) is 138. The average Bonchev–Trinajstić information content (AvgIpc) is 1.58. The van der Waals surface area contributed by atoms with Gasteiger partial charge in [0.1, 0.15) is 11.2 Å². The average molecular weight is 1660 g/mol. The molecule has 6 nitrogen and oxygen atoms in total. The predicted octanol–water partition coefficient (Wildman–Crippen LogP) is 31.7. The van der Waals surface area contributed by atoms with Crippen LogP contribution in [-0.4, -0.2) is 9.13 Å². The molecule has 0 N–H and O–H groups in total. The minimum atomic E-state index is 0.876. The zero-order chi connectivity index (χ0) is 74.0. The highest BCUT2D eigenvalue weighted by Crippen LogP contribution is 2.49. The van der Waals surface area contributed by atoms with E-state index < -0.39 is 0 Å². The fraction of sp³-hybridized carbons (Fsp3) is 0. The van der Waals surface area contributed by atoms with Gasteiger partial charge in [-0.3, -0.25) is 0 Å². The van der Waals surface area contributed by atoms with Crippen LogP contribution >= 0.6 is 70.5 Å². The molecule has 11 heteroatoms. The monoisotopic (exact) mass is 1650 g/mol. The van der Waals surface area contributed by atoms with Gasteiger partial charge in [-0.05, 0) is 193 Å². The number of rotatable bonds is 11. The summed E-state index contributed by atoms with van der Waals surface area (Å²) >= 11 is 14.8. The quantitative estimate of drug-likeness (QED) is 0.129. The molecule has 22 rings (SSSR count). The molecule has 0 aliphatic heterocycles. The van der Waals surface area contributed by atoms with Gasteiger partial charge in [0.25, 0.3) is 0 Å². The molecule has 528 valence electrons. The number of thiophene rings is 2. The first-order valence-corrected chi connectivity index (χ1v) is 40.8. The van der Waals surface area contributed by atoms with Gasteiger partial charge in [-0.25, -0.2) is 0 Å². The van der Waals surface area contributed by atoms with Gasteiger partial charge in [-0.1, -0.05) is 248 Å². The molecule has 0 unspecified atom stereocenters. The molecule has 0 atom stereocenters. The fourth-order valence-electron chi connectivity index (χ4n) is 16.0. The van der Waals surface area contributed by atoms with Crippen LogP contribution in [0.15, 0.2) is 406 Å². The molecule has 0 fully saturated rings. The van der Waals surface area contributed by atoms with Gasteiger partial charge >= 0.3 is 0 Å². The molecule has 0 aliphatic carbocycles. The summed E-state index contributed by atoms with van der Waals surface area (Å²) in [4.78, 5) is 7.00. The topological polar surface area (TPSA) is 32.7 Å². The number of nitrogens with zero attached hydrogens (tertiary/aromatic N) is 5. The summed E-state index contributed by atoms with van der Waals surface area (Å²) in [6.07, 6.45) is 0. The lowest BCUT2D eigenvalue weighted by Crippen LogP contribution is -2.10. The number of benzene rings is 17. The van der Waals surface area contributed by atoms with Crippen molar-refractivity contribution in [3.8, 4) is 11.4 Å². The summed E-state index contributed by atoms with van der Waals surface area (Å²) in [6.45, 7) is 0. The van der Waals surface area contributed by atoms with Crippen molar-refractivity contribution in [3.63, 3.8) is 0 Å². The molecular formula is C100H64Br3N5OS2. The fourth-order valence-corrected chi connectivity index (χ4v) is 19.7. The Bertz CT molecular complexity index is 7200. The van der Waals surface area contributed by atoms with Crippen LogP contribution in [-0.2, 0) is 0 Å². The Kier molecular flexibility index (Phi) is 17.7. The van der Waals surface area contributed by atoms with Crippen LogP contribution in [0.3, 0.4) is 0 Å². The third-order valence-corrected chi connectivity index (χ3v) is 24.8. The van der Waals surface area contributed by atoms with Gasteiger partial charge in [0.2, 0.25) is 0 Å². The second-order valence-electron chi connectivity index (χ2n) is 27.5. The molecule has 0 spiro atoms. The van der Waals surface area contributed by atoms with Crippen molar-refractivity contribution < 1.29 is 4.42 Å². The molecule has 0 amide bonds. The molecule has 0 saturated heterocycles. The lowest BCUT2D eigenvalue weighted by molar-refractivity contribution is 0.669. The highest BCUT2D eigenvalue weighted by molar-refractivity contribution is 9.11. The van der Waals surface area contributed by atoms with Gasteiger partial charge in [0.15, 0.2) is 0 Å². The number of hydrogen-bond acceptors (Lipinski definition) is 6. The third-order valence-electron chi connectivity index (χ3n) is 20.9. The van der Waals surface area contributed by atoms with Gasteiger partial charge in [-0.15, -0.1) is 22.7 Å². The van der Waals surface area contributed by atoms with Crippen LogP contribution < -0.4 is 14.7 Å². The molecule has 17 aromatic carbocycles. The number of hydrogen-bond donors (Lipinski definition) is 0. The van der Waals surface area contributed by atoms with E-state index in [1.807, 2.05) is 34.8 Å². The van der Waals surface area contributed by atoms with E-state index in [-0.39, 0.29) is 0 Å². The summed E-state index contributed by atoms with van der Waals surface area (Å²) in [7, 11) is 0. The van der Waals surface area contributed by atoms with E-state index in [1.165, 1.54) is 106 Å². The SMILES string of the molecule is Brc1ccc2c(c1)sc1c(N(c3ccccc3)c3ccccc3)cccc12.Brc1ccc2c3cc(N(c4ccc5ccccc5c4)c4ccc5c(c4)oc4ccccc45)ccc3n(-c3ccccc3)c2c1.Brc1ccc2c3cc(N(c4ccccc4)c4ccccc4)ccc3n(-c3cccc4c3sc3ccccc34)c2c1. The summed E-state index contributed by atoms with van der Waals surface area (Å²) in [5.74, 6) is 0. The van der Waals surface area contributed by atoms with Crippen molar-refractivity contribution >= 4 is 238 Å². The lowest BCUT2D eigenvalue weighted by Gasteiger charge is -2.26. The van der Waals surface area contributed by atoms with Crippen LogP contribution in [0.4, 0.5) is 51.2 Å². The first-order chi connectivity index (χ1) is 54.8. The largest absolute Gasteiger partial charge is 0.456 e. The Hall–Kier alpha value is -12.3. The maximum atomic E-state index is 6.34. The standard InChI is InChI=1S/C40H25BrN2O.C36H23BrN2S.C24H16BrNS/c41-28-15-19-33-36-24-31(18-21-37(36)43(38(33)23-28)29-10-2-1-3-11-29)42(30-16-14-26-8-4-5-9-27(26)22-30)32-17-20-35-34-12-6-7-13-39(34)44-40(35)25-32;37-24-18-20-28-31-23-27(38(25-10-3-1-4-11-25)26-12-5-2-6-13-26)19-21-32(31)39(34(28)22-24)33-16-9-15-30-29-14-7-8-17-35(29)40-36(30)33;25-17-14-15-20-21-12-7-13-22(24(21)27-23(20)16-17)26(18-8-3-1-4-9-18)19-10-5-2-6-11-19/h1-25H;1-23H;1-16H. The number of aromatic nitrogens is 2. The summed E-state index contributed by atoms with van der Waals surface area (Å²) < 4.78 is 19.6. The first-order valence-electron chi connectivity index (χ1n) is 36.8. The van der Waals surface area contributed by atoms with Crippen LogP contribution in [0.25, 0.3) is 128 Å². The van der Waals surface area contributed by atoms with Crippen LogP contribution in [0.5, 0.6) is 0 Å². The number of halogens is 3. The second-order valence-corrected chi connectivity index (χ2v) is 32.4. The Morgan fingerprint density at radius 3 is 1.32 bits per heavy atom. The van der Waals surface area contributed by atoms with E-state index in [0.717, 1.165) is 86.5 Å². The molecule has 0 aliphatic rings. The zero-order valence-corrected chi connectivity index (χ0v) is 65.9. The van der Waals surface area contributed by atoms with E-state index in [4.69, 9.17) is 4.42 Å². The highest BCUT2D eigenvalue weighted by atomic mass is 79.9. The van der Waals surface area contributed by atoms with Crippen LogP contribution in [0.1, 0.15) is 0 Å². The van der Waals surface area contributed by atoms with Gasteiger partial charge in [0.05, 0.1) is 42.8 Å². The molecule has 5 aromatic heterocycles. The number of fused-ring (bicyclic) bond motifs is 16. The molecule has 0 radical (unpaired) electrons. The normalized spacial score (nSPS) is 11.6. The number of furan rings is 1. The minimum absolute atomic E-state index is 0.876. The summed E-state index contributed by atoms with van der Waals surface area (Å²) in [5, 5.41) is 14.8. The molecule has 0 saturated carbocycles. The van der Waals surface area contributed by atoms with E-state index in [1.54, 1.807) is 0 Å². The summed E-state index contributed by atoms with van der Waals surface area (Å²) in [5.41, 5.74) is 19.0. The Morgan fingerprint density at radius 2 is 0.667 bits per heavy atom. The van der Waals surface area contributed by atoms with E-state index >= 15 is 0 Å². The number of anilines is 9. The molecule has 111 heavy (non-hydrogen) atoms. The van der Waals surface area contributed by atoms with Crippen molar-refractivity contribution in [2.75, 3.05) is 14.7 Å². The molecule has 22 aromatic rings. The maximum absolute atomic E-state index is 6.34. The third kappa shape index (κ3) is 12.5. The Morgan fingerprint density at radius 1 is 0.234 bits per heavy atom. The van der Waals surface area contributed by atoms with E-state index in [2.05, 4.69) is 448 Å². The first kappa shape index (κ1) is 68.0. The smallest absolute Gasteiger partial charge is 0.137 e. The van der Waals surface area contributed by atoms with E-state index in [0.29, 0.717) is 0 Å². The van der Waals surface area contributed by atoms with Crippen LogP contribution in [0.2, 0.25) is 0 Å². The van der Waals surface area contributed by atoms with Crippen molar-refractivity contribution in [3.05, 3.63) is 402 Å². The number of para-hydroxylation sites is 6. The van der Waals surface area contributed by atoms with Crippen molar-refractivity contribution in [1.29, 1.82) is 0 Å². The zero-order valence-electron chi connectivity index (χ0n) is 59.5. The predicted molar refractivity (Wildman–Crippen MR) is 486 cm³/mol. The van der Waals surface area contributed by atoms with Gasteiger partial charge < -0.3 is 28.3 Å². The van der Waals surface area contributed by atoms with Crippen LogP contribution in [0, 0.1) is 0 Å². The Labute approximate surface area is 673 Å². The lowest BCUT2D eigenvalue weighted by atomic mass is 10.1.